The molecule has 0 fully saturated rings. The van der Waals surface area contributed by atoms with Gasteiger partial charge in [0, 0.05) is 13.1 Å². The molecule has 0 aliphatic heterocycles. The Morgan fingerprint density at radius 3 is 2.67 bits per heavy atom. The molecule has 8 heteroatoms. The molecule has 1 aromatic heterocycles. The minimum atomic E-state index is -0.409. The fraction of sp³-hybridized carbons (Fsp3) is 0.438. The molecule has 0 bridgehead atoms. The smallest absolute Gasteiger partial charge is 0.318 e. The number of carbonyl (C=O) groups is 1. The first-order valence-electron chi connectivity index (χ1n) is 7.74. The lowest BCUT2D eigenvalue weighted by molar-refractivity contribution is 0.168. The van der Waals surface area contributed by atoms with Gasteiger partial charge in [0.05, 0.1) is 6.61 Å². The van der Waals surface area contributed by atoms with Gasteiger partial charge in [0.15, 0.2) is 5.82 Å². The number of aliphatic hydroxyl groups is 1. The van der Waals surface area contributed by atoms with Gasteiger partial charge in [-0.2, -0.15) is 4.98 Å². The maximum atomic E-state index is 13.0. The highest BCUT2D eigenvalue weighted by molar-refractivity contribution is 5.74. The molecule has 2 N–H and O–H groups in total. The molecule has 2 amide bonds. The van der Waals surface area contributed by atoms with Crippen molar-refractivity contribution in [1.29, 1.82) is 0 Å². The van der Waals surface area contributed by atoms with E-state index >= 15 is 0 Å². The molecular weight excluding hydrogens is 315 g/mol. The second-order valence-electron chi connectivity index (χ2n) is 5.36. The first-order valence-corrected chi connectivity index (χ1v) is 7.74. The lowest BCUT2D eigenvalue weighted by atomic mass is 10.2. The zero-order valence-corrected chi connectivity index (χ0v) is 13.7. The van der Waals surface area contributed by atoms with E-state index in [-0.39, 0.29) is 31.5 Å². The Hall–Kier alpha value is -2.48. The Balaban J connectivity index is 2.05. The van der Waals surface area contributed by atoms with Gasteiger partial charge in [-0.25, -0.2) is 9.18 Å². The third-order valence-corrected chi connectivity index (χ3v) is 3.49. The second kappa shape index (κ2) is 8.39. The van der Waals surface area contributed by atoms with E-state index in [4.69, 9.17) is 4.52 Å². The van der Waals surface area contributed by atoms with Crippen molar-refractivity contribution in [3.8, 4) is 0 Å². The summed E-state index contributed by atoms with van der Waals surface area (Å²) in [4.78, 5) is 18.1. The van der Waals surface area contributed by atoms with Crippen LogP contribution in [0.5, 0.6) is 0 Å². The van der Waals surface area contributed by atoms with Crippen LogP contribution in [0, 0.1) is 12.7 Å². The number of urea groups is 1. The first-order chi connectivity index (χ1) is 11.5. The highest BCUT2D eigenvalue weighted by Gasteiger charge is 2.22. The van der Waals surface area contributed by atoms with Crippen molar-refractivity contribution in [1.82, 2.24) is 20.4 Å². The predicted molar refractivity (Wildman–Crippen MR) is 84.5 cm³/mol. The van der Waals surface area contributed by atoms with Gasteiger partial charge in [-0.15, -0.1) is 0 Å². The van der Waals surface area contributed by atoms with Crippen molar-refractivity contribution < 1.29 is 18.8 Å². The molecule has 24 heavy (non-hydrogen) atoms. The Morgan fingerprint density at radius 1 is 1.42 bits per heavy atom. The molecule has 0 saturated heterocycles. The van der Waals surface area contributed by atoms with Crippen LogP contribution in [0.1, 0.15) is 36.7 Å². The summed E-state index contributed by atoms with van der Waals surface area (Å²) in [5, 5.41) is 15.7. The Kier molecular flexibility index (Phi) is 6.25. The summed E-state index contributed by atoms with van der Waals surface area (Å²) in [7, 11) is 0. The summed E-state index contributed by atoms with van der Waals surface area (Å²) in [5.74, 6) is 0.500. The van der Waals surface area contributed by atoms with Crippen LogP contribution in [0.2, 0.25) is 0 Å². The van der Waals surface area contributed by atoms with E-state index in [2.05, 4.69) is 15.5 Å². The van der Waals surface area contributed by atoms with Crippen LogP contribution in [0.4, 0.5) is 9.18 Å². The number of benzene rings is 1. The van der Waals surface area contributed by atoms with E-state index in [1.807, 2.05) is 6.92 Å². The molecule has 1 atom stereocenters. The van der Waals surface area contributed by atoms with Gasteiger partial charge >= 0.3 is 6.03 Å². The summed E-state index contributed by atoms with van der Waals surface area (Å²) in [6.45, 7) is 3.83. The number of hydrogen-bond donors (Lipinski definition) is 2. The molecule has 7 nitrogen and oxygen atoms in total. The van der Waals surface area contributed by atoms with Gasteiger partial charge in [-0.3, -0.25) is 0 Å². The molecule has 1 aromatic carbocycles. The van der Waals surface area contributed by atoms with E-state index in [0.717, 1.165) is 5.56 Å². The van der Waals surface area contributed by atoms with Crippen molar-refractivity contribution in [2.45, 2.75) is 32.9 Å². The van der Waals surface area contributed by atoms with Crippen molar-refractivity contribution in [2.24, 2.45) is 0 Å². The van der Waals surface area contributed by atoms with Gasteiger partial charge in [-0.05, 0) is 31.0 Å². The number of aliphatic hydroxyl groups excluding tert-OH is 1. The van der Waals surface area contributed by atoms with E-state index in [9.17, 15) is 14.3 Å². The Labute approximate surface area is 139 Å². The van der Waals surface area contributed by atoms with Crippen LogP contribution in [-0.2, 0) is 6.54 Å². The van der Waals surface area contributed by atoms with Gasteiger partial charge in [0.25, 0.3) is 0 Å². The van der Waals surface area contributed by atoms with Crippen LogP contribution in [-0.4, -0.2) is 39.3 Å². The third kappa shape index (κ3) is 4.76. The molecule has 130 valence electrons. The Bertz CT molecular complexity index is 660. The molecule has 0 spiro atoms. The van der Waals surface area contributed by atoms with Gasteiger partial charge < -0.3 is 19.8 Å². The maximum absolute atomic E-state index is 13.0. The van der Waals surface area contributed by atoms with Crippen molar-refractivity contribution >= 4 is 6.03 Å². The lowest BCUT2D eigenvalue weighted by Gasteiger charge is -2.24. The van der Waals surface area contributed by atoms with Gasteiger partial charge in [0.2, 0.25) is 5.89 Å². The third-order valence-electron chi connectivity index (χ3n) is 3.49. The van der Waals surface area contributed by atoms with Crippen LogP contribution < -0.4 is 5.32 Å². The van der Waals surface area contributed by atoms with E-state index in [1.54, 1.807) is 19.1 Å². The van der Waals surface area contributed by atoms with E-state index in [0.29, 0.717) is 18.1 Å². The average Bonchev–Trinajstić information content (AvgIpc) is 3.00. The summed E-state index contributed by atoms with van der Waals surface area (Å²) < 4.78 is 18.1. The summed E-state index contributed by atoms with van der Waals surface area (Å²) in [5.41, 5.74) is 0.765. The Morgan fingerprint density at radius 2 is 2.12 bits per heavy atom. The molecule has 1 unspecified atom stereocenters. The summed E-state index contributed by atoms with van der Waals surface area (Å²) in [6.07, 6.45) is 0.580. The first kappa shape index (κ1) is 17.9. The zero-order chi connectivity index (χ0) is 17.5. The lowest BCUT2D eigenvalue weighted by Crippen LogP contribution is -2.42. The van der Waals surface area contributed by atoms with Gasteiger partial charge in [0.1, 0.15) is 11.9 Å². The number of rotatable bonds is 7. The highest BCUT2D eigenvalue weighted by atomic mass is 19.1. The topological polar surface area (TPSA) is 91.5 Å². The number of aryl methyl sites for hydroxylation is 1. The predicted octanol–water partition coefficient (Wildman–Crippen LogP) is 2.17. The van der Waals surface area contributed by atoms with Crippen molar-refractivity contribution in [2.75, 3.05) is 13.2 Å². The fourth-order valence-corrected chi connectivity index (χ4v) is 2.22. The van der Waals surface area contributed by atoms with E-state index in [1.165, 1.54) is 17.0 Å². The number of nitrogens with one attached hydrogen (secondary N) is 1. The molecule has 0 radical (unpaired) electrons. The molecule has 0 saturated carbocycles. The standard InChI is InChI=1S/C16H21FN4O3/c1-3-14(15-18-11(2)20-24-15)19-16(23)21(8-9-22)10-12-4-6-13(17)7-5-12/h4-7,14,22H,3,8-10H2,1-2H3,(H,19,23). The van der Waals surface area contributed by atoms with Crippen LogP contribution >= 0.6 is 0 Å². The number of aromatic nitrogens is 2. The number of hydrogen-bond acceptors (Lipinski definition) is 5. The highest BCUT2D eigenvalue weighted by Crippen LogP contribution is 2.15. The second-order valence-corrected chi connectivity index (χ2v) is 5.36. The molecule has 2 aromatic rings. The number of carbonyl (C=O) groups excluding carboxylic acids is 1. The summed E-state index contributed by atoms with van der Waals surface area (Å²) >= 11 is 0. The number of halogens is 1. The SMILES string of the molecule is CCC(NC(=O)N(CCO)Cc1ccc(F)cc1)c1nc(C)no1. The molecule has 1 heterocycles. The normalized spacial score (nSPS) is 12.0. The monoisotopic (exact) mass is 336 g/mol. The summed E-state index contributed by atoms with van der Waals surface area (Å²) in [6, 6.07) is 5.10. The minimum absolute atomic E-state index is 0.155. The molecular formula is C16H21FN4O3. The fourth-order valence-electron chi connectivity index (χ4n) is 2.22. The quantitative estimate of drug-likeness (QED) is 0.808. The maximum Gasteiger partial charge on any atom is 0.318 e. The molecule has 0 aliphatic rings. The van der Waals surface area contributed by atoms with Crippen molar-refractivity contribution in [3.63, 3.8) is 0 Å². The van der Waals surface area contributed by atoms with Gasteiger partial charge in [-0.1, -0.05) is 24.2 Å². The zero-order valence-electron chi connectivity index (χ0n) is 13.7. The average molecular weight is 336 g/mol. The minimum Gasteiger partial charge on any atom is -0.395 e. The largest absolute Gasteiger partial charge is 0.395 e. The van der Waals surface area contributed by atoms with Crippen molar-refractivity contribution in [3.05, 3.63) is 47.4 Å². The molecule has 2 rings (SSSR count). The van der Waals surface area contributed by atoms with Crippen LogP contribution in [0.15, 0.2) is 28.8 Å². The number of nitrogens with zero attached hydrogens (tertiary/aromatic N) is 3. The van der Waals surface area contributed by atoms with Crippen LogP contribution in [0.3, 0.4) is 0 Å². The van der Waals surface area contributed by atoms with E-state index < -0.39 is 6.04 Å². The van der Waals surface area contributed by atoms with Crippen LogP contribution in [0.25, 0.3) is 0 Å². The number of amides is 2. The molecule has 0 aliphatic carbocycles.